The minimum atomic E-state index is -2.54. The van der Waals surface area contributed by atoms with Crippen LogP contribution >= 0.6 is 0 Å². The van der Waals surface area contributed by atoms with Crippen molar-refractivity contribution < 1.29 is 12.9 Å². The zero-order valence-corrected chi connectivity index (χ0v) is 12.4. The normalized spacial score (nSPS) is 12.5. The highest BCUT2D eigenvalue weighted by atomic mass is 32.2. The summed E-state index contributed by atoms with van der Waals surface area (Å²) >= 11 is -2.54. The molecule has 108 valence electrons. The average molecular weight is 291 g/mol. The Labute approximate surface area is 122 Å². The molecule has 3 nitrogen and oxygen atoms in total. The Hall–Kier alpha value is -1.39. The van der Waals surface area contributed by atoms with Gasteiger partial charge in [0, 0.05) is 5.39 Å². The van der Waals surface area contributed by atoms with Crippen LogP contribution in [0.5, 0.6) is 5.75 Å². The van der Waals surface area contributed by atoms with Crippen LogP contribution in [0.4, 0.5) is 0 Å². The Bertz CT molecular complexity index is 595. The monoisotopic (exact) mass is 291 g/mol. The Morgan fingerprint density at radius 3 is 2.50 bits per heavy atom. The molecule has 4 heteroatoms. The number of rotatable bonds is 7. The van der Waals surface area contributed by atoms with Crippen LogP contribution in [0.15, 0.2) is 36.4 Å². The van der Waals surface area contributed by atoms with E-state index in [0.29, 0.717) is 5.75 Å². The summed E-state index contributed by atoms with van der Waals surface area (Å²) in [7, 11) is 0. The molecule has 0 aliphatic heterocycles. The summed E-state index contributed by atoms with van der Waals surface area (Å²) in [4.78, 5) is 0. The Balaban J connectivity index is 2.26. The molecule has 0 amide bonds. The lowest BCUT2D eigenvalue weighted by Gasteiger charge is -2.13. The number of hydrogen-bond acceptors (Lipinski definition) is 3. The maximum absolute atomic E-state index is 10.7. The molecule has 20 heavy (non-hydrogen) atoms. The van der Waals surface area contributed by atoms with Gasteiger partial charge in [-0.1, -0.05) is 56.5 Å². The molecule has 0 heterocycles. The first-order chi connectivity index (χ1) is 9.72. The maximum Gasteiger partial charge on any atom is 0.147 e. The van der Waals surface area contributed by atoms with Gasteiger partial charge >= 0.3 is 0 Å². The summed E-state index contributed by atoms with van der Waals surface area (Å²) in [6.07, 6.45) is 5.89. The average Bonchev–Trinajstić information content (AvgIpc) is 2.45. The van der Waals surface area contributed by atoms with Crippen molar-refractivity contribution in [2.45, 2.75) is 39.0 Å². The van der Waals surface area contributed by atoms with Crippen LogP contribution in [0, 0.1) is 0 Å². The second kappa shape index (κ2) is 7.41. The first kappa shape index (κ1) is 15.0. The van der Waals surface area contributed by atoms with E-state index in [9.17, 15) is 8.76 Å². The molecule has 2 rings (SSSR count). The van der Waals surface area contributed by atoms with E-state index < -0.39 is 11.4 Å². The summed E-state index contributed by atoms with van der Waals surface area (Å²) in [6, 6.07) is 11.5. The second-order valence-corrected chi connectivity index (χ2v) is 5.44. The van der Waals surface area contributed by atoms with Crippen LogP contribution in [-0.4, -0.2) is 8.76 Å². The van der Waals surface area contributed by atoms with E-state index >= 15 is 0 Å². The molecule has 1 unspecified atom stereocenters. The zero-order chi connectivity index (χ0) is 14.4. The van der Waals surface area contributed by atoms with Crippen molar-refractivity contribution in [2.24, 2.45) is 0 Å². The predicted octanol–water partition coefficient (Wildman–Crippen LogP) is 4.14. The first-order valence-electron chi connectivity index (χ1n) is 7.00. The fourth-order valence-electron chi connectivity index (χ4n) is 2.44. The van der Waals surface area contributed by atoms with Crippen LogP contribution in [0.1, 0.15) is 38.2 Å². The molecular weight excluding hydrogens is 272 g/mol. The SMILES string of the molecule is CCCCCCc1ccc(OS(=O)[O-])c2ccccc12. The third kappa shape index (κ3) is 3.81. The van der Waals surface area contributed by atoms with Gasteiger partial charge in [0.1, 0.15) is 17.1 Å². The van der Waals surface area contributed by atoms with Crippen molar-refractivity contribution in [2.75, 3.05) is 0 Å². The number of aryl methyl sites for hydroxylation is 1. The van der Waals surface area contributed by atoms with Crippen molar-refractivity contribution >= 4 is 22.1 Å². The Kier molecular flexibility index (Phi) is 5.56. The van der Waals surface area contributed by atoms with Gasteiger partial charge in [-0.25, -0.2) is 4.21 Å². The molecule has 0 fully saturated rings. The molecule has 2 aromatic carbocycles. The lowest BCUT2D eigenvalue weighted by atomic mass is 9.99. The molecule has 0 aromatic heterocycles. The molecule has 0 aliphatic carbocycles. The van der Waals surface area contributed by atoms with Gasteiger partial charge in [-0.3, -0.25) is 0 Å². The number of fused-ring (bicyclic) bond motifs is 1. The third-order valence-electron chi connectivity index (χ3n) is 3.43. The second-order valence-electron chi connectivity index (χ2n) is 4.87. The van der Waals surface area contributed by atoms with Gasteiger partial charge < -0.3 is 8.74 Å². The van der Waals surface area contributed by atoms with E-state index in [-0.39, 0.29) is 0 Å². The summed E-state index contributed by atoms with van der Waals surface area (Å²) in [6.45, 7) is 2.20. The minimum absolute atomic E-state index is 0.395. The minimum Gasteiger partial charge on any atom is -0.740 e. The molecule has 0 radical (unpaired) electrons. The van der Waals surface area contributed by atoms with Gasteiger partial charge in [-0.2, -0.15) is 0 Å². The maximum atomic E-state index is 10.7. The largest absolute Gasteiger partial charge is 0.740 e. The number of benzene rings is 2. The molecule has 1 atom stereocenters. The van der Waals surface area contributed by atoms with E-state index in [1.165, 1.54) is 24.8 Å². The summed E-state index contributed by atoms with van der Waals surface area (Å²) < 4.78 is 26.3. The van der Waals surface area contributed by atoms with Crippen LogP contribution in [-0.2, 0) is 17.8 Å². The lowest BCUT2D eigenvalue weighted by molar-refractivity contribution is 0.442. The molecule has 2 aromatic rings. The van der Waals surface area contributed by atoms with E-state index in [2.05, 4.69) is 6.92 Å². The highest BCUT2D eigenvalue weighted by Crippen LogP contribution is 2.29. The fraction of sp³-hybridized carbons (Fsp3) is 0.375. The quantitative estimate of drug-likeness (QED) is 0.569. The van der Waals surface area contributed by atoms with Crippen molar-refractivity contribution in [1.82, 2.24) is 0 Å². The van der Waals surface area contributed by atoms with Crippen LogP contribution in [0.2, 0.25) is 0 Å². The van der Waals surface area contributed by atoms with E-state index in [4.69, 9.17) is 4.18 Å². The van der Waals surface area contributed by atoms with Crippen molar-refractivity contribution in [3.8, 4) is 5.75 Å². The van der Waals surface area contributed by atoms with E-state index in [0.717, 1.165) is 23.6 Å². The first-order valence-corrected chi connectivity index (χ1v) is 8.00. The molecule has 0 saturated carbocycles. The lowest BCUT2D eigenvalue weighted by Crippen LogP contribution is -1.99. The van der Waals surface area contributed by atoms with Crippen LogP contribution < -0.4 is 4.18 Å². The van der Waals surface area contributed by atoms with Gasteiger partial charge in [0.15, 0.2) is 0 Å². The van der Waals surface area contributed by atoms with Gasteiger partial charge in [-0.15, -0.1) is 0 Å². The van der Waals surface area contributed by atoms with Crippen molar-refractivity contribution in [3.05, 3.63) is 42.0 Å². The molecule has 0 bridgehead atoms. The third-order valence-corrected chi connectivity index (χ3v) is 3.75. The fourth-order valence-corrected chi connectivity index (χ4v) is 2.73. The zero-order valence-electron chi connectivity index (χ0n) is 11.6. The number of unbranched alkanes of at least 4 members (excludes halogenated alkanes) is 3. The Morgan fingerprint density at radius 1 is 1.05 bits per heavy atom. The van der Waals surface area contributed by atoms with Crippen molar-refractivity contribution in [1.29, 1.82) is 0 Å². The Morgan fingerprint density at radius 2 is 1.80 bits per heavy atom. The molecule has 0 spiro atoms. The van der Waals surface area contributed by atoms with Gasteiger partial charge in [0.05, 0.1) is 0 Å². The van der Waals surface area contributed by atoms with Crippen LogP contribution in [0.25, 0.3) is 10.8 Å². The van der Waals surface area contributed by atoms with Crippen LogP contribution in [0.3, 0.4) is 0 Å². The predicted molar refractivity (Wildman–Crippen MR) is 81.3 cm³/mol. The van der Waals surface area contributed by atoms with Crippen molar-refractivity contribution in [3.63, 3.8) is 0 Å². The van der Waals surface area contributed by atoms with Gasteiger partial charge in [0.2, 0.25) is 0 Å². The summed E-state index contributed by atoms with van der Waals surface area (Å²) in [5.41, 5.74) is 1.25. The van der Waals surface area contributed by atoms with E-state index in [1.54, 1.807) is 6.07 Å². The molecule has 0 N–H and O–H groups in total. The molecular formula is C16H19O3S-. The highest BCUT2D eigenvalue weighted by Gasteiger charge is 2.07. The summed E-state index contributed by atoms with van der Waals surface area (Å²) in [5.74, 6) is 0.395. The highest BCUT2D eigenvalue weighted by molar-refractivity contribution is 7.74. The molecule has 0 aliphatic rings. The van der Waals surface area contributed by atoms with E-state index in [1.807, 2.05) is 30.3 Å². The topological polar surface area (TPSA) is 49.4 Å². The van der Waals surface area contributed by atoms with Gasteiger partial charge in [-0.05, 0) is 29.9 Å². The number of hydrogen-bond donors (Lipinski definition) is 0. The standard InChI is InChI=1S/C16H20O3S/c1-2-3-4-5-8-13-11-12-16(19-20(17)18)15-10-7-6-9-14(13)15/h6-7,9-12H,2-5,8H2,1H3,(H,17,18)/p-1. The van der Waals surface area contributed by atoms with Gasteiger partial charge in [0.25, 0.3) is 0 Å². The smallest absolute Gasteiger partial charge is 0.147 e. The molecule has 0 saturated heterocycles. The summed E-state index contributed by atoms with van der Waals surface area (Å²) in [5, 5.41) is 1.93.